The summed E-state index contributed by atoms with van der Waals surface area (Å²) in [5.41, 5.74) is 6.89. The average Bonchev–Trinajstić information content (AvgIpc) is 2.64. The molecule has 0 saturated heterocycles. The molecule has 0 aliphatic carbocycles. The third kappa shape index (κ3) is 1.94. The van der Waals surface area contributed by atoms with Crippen molar-refractivity contribution in [2.45, 2.75) is 12.5 Å². The summed E-state index contributed by atoms with van der Waals surface area (Å²) >= 11 is 0. The molecule has 0 aromatic carbocycles. The molecule has 1 atom stereocenters. The van der Waals surface area contributed by atoms with E-state index in [4.69, 9.17) is 10.8 Å². The predicted octanol–water partition coefficient (Wildman–Crippen LogP) is -0.0877. The third-order valence-electron chi connectivity index (χ3n) is 2.12. The maximum atomic E-state index is 10.6. The molecule has 2 aromatic heterocycles. The van der Waals surface area contributed by atoms with Gasteiger partial charge in [0.2, 0.25) is 0 Å². The largest absolute Gasteiger partial charge is 0.480 e. The van der Waals surface area contributed by atoms with Gasteiger partial charge < -0.3 is 10.8 Å². The number of hydrogen-bond acceptors (Lipinski definition) is 4. The molecule has 2 heterocycles. The van der Waals surface area contributed by atoms with Crippen LogP contribution in [-0.2, 0) is 11.2 Å². The Morgan fingerprint density at radius 3 is 3.13 bits per heavy atom. The molecule has 6 heteroatoms. The number of aromatic nitrogens is 3. The zero-order chi connectivity index (χ0) is 10.8. The summed E-state index contributed by atoms with van der Waals surface area (Å²) in [6, 6.07) is 0.936. The summed E-state index contributed by atoms with van der Waals surface area (Å²) in [7, 11) is 0. The van der Waals surface area contributed by atoms with E-state index < -0.39 is 12.0 Å². The fourth-order valence-electron chi connectivity index (χ4n) is 1.34. The summed E-state index contributed by atoms with van der Waals surface area (Å²) in [5.74, 6) is -1.01. The van der Waals surface area contributed by atoms with E-state index in [1.54, 1.807) is 12.4 Å². The minimum atomic E-state index is -1.01. The molecule has 2 rings (SSSR count). The van der Waals surface area contributed by atoms with Crippen LogP contribution in [0.1, 0.15) is 5.56 Å². The van der Waals surface area contributed by atoms with Gasteiger partial charge in [-0.05, 0) is 18.1 Å². The smallest absolute Gasteiger partial charge is 0.320 e. The van der Waals surface area contributed by atoms with Crippen molar-refractivity contribution < 1.29 is 9.90 Å². The molecular weight excluding hydrogens is 196 g/mol. The summed E-state index contributed by atoms with van der Waals surface area (Å²) in [4.78, 5) is 14.6. The number of nitrogens with zero attached hydrogens (tertiary/aromatic N) is 2. The lowest BCUT2D eigenvalue weighted by atomic mass is 10.1. The van der Waals surface area contributed by atoms with Gasteiger partial charge in [0.1, 0.15) is 6.04 Å². The first kappa shape index (κ1) is 9.60. The number of nitrogens with one attached hydrogen (secondary N) is 1. The first-order chi connectivity index (χ1) is 7.16. The Kier molecular flexibility index (Phi) is 2.34. The molecule has 0 spiro atoms. The van der Waals surface area contributed by atoms with Crippen molar-refractivity contribution >= 4 is 17.0 Å². The number of rotatable bonds is 3. The minimum absolute atomic E-state index is 0.267. The van der Waals surface area contributed by atoms with E-state index in [9.17, 15) is 4.79 Å². The van der Waals surface area contributed by atoms with Gasteiger partial charge in [0.25, 0.3) is 0 Å². The zero-order valence-electron chi connectivity index (χ0n) is 7.84. The van der Waals surface area contributed by atoms with Crippen molar-refractivity contribution in [1.29, 1.82) is 0 Å². The van der Waals surface area contributed by atoms with Gasteiger partial charge in [0.05, 0.1) is 6.20 Å². The number of hydrogen-bond donors (Lipinski definition) is 3. The van der Waals surface area contributed by atoms with E-state index in [-0.39, 0.29) is 6.42 Å². The zero-order valence-corrected chi connectivity index (χ0v) is 7.84. The molecule has 0 bridgehead atoms. The van der Waals surface area contributed by atoms with Gasteiger partial charge in [-0.2, -0.15) is 5.10 Å². The van der Waals surface area contributed by atoms with Gasteiger partial charge in [-0.3, -0.25) is 9.89 Å². The Morgan fingerprint density at radius 1 is 1.60 bits per heavy atom. The lowest BCUT2D eigenvalue weighted by Gasteiger charge is -2.05. The standard InChI is InChI=1S/C9H10N4O2/c10-7(9(14)15)2-5-1-6-4-12-13-8(6)11-3-5/h1,3-4,7H,2,10H2,(H,14,15)(H,11,12,13)/t7-/m0/s1. The molecule has 4 N–H and O–H groups in total. The van der Waals surface area contributed by atoms with Crippen molar-refractivity contribution in [3.63, 3.8) is 0 Å². The number of fused-ring (bicyclic) bond motifs is 1. The Morgan fingerprint density at radius 2 is 2.40 bits per heavy atom. The van der Waals surface area contributed by atoms with E-state index in [0.29, 0.717) is 5.65 Å². The maximum absolute atomic E-state index is 10.6. The van der Waals surface area contributed by atoms with Crippen LogP contribution in [0.5, 0.6) is 0 Å². The molecule has 6 nitrogen and oxygen atoms in total. The number of carboxylic acids is 1. The number of carboxylic acid groups (broad SMARTS) is 1. The van der Waals surface area contributed by atoms with Crippen LogP contribution in [0.15, 0.2) is 18.5 Å². The van der Waals surface area contributed by atoms with Crippen molar-refractivity contribution in [2.24, 2.45) is 5.73 Å². The fraction of sp³-hybridized carbons (Fsp3) is 0.222. The number of aliphatic carboxylic acids is 1. The van der Waals surface area contributed by atoms with Gasteiger partial charge in [-0.15, -0.1) is 0 Å². The number of carbonyl (C=O) groups is 1. The minimum Gasteiger partial charge on any atom is -0.480 e. The number of aromatic amines is 1. The van der Waals surface area contributed by atoms with Crippen molar-refractivity contribution in [3.8, 4) is 0 Å². The first-order valence-corrected chi connectivity index (χ1v) is 4.43. The normalized spacial score (nSPS) is 12.9. The molecule has 0 aliphatic heterocycles. The predicted molar refractivity (Wildman–Crippen MR) is 53.2 cm³/mol. The number of nitrogens with two attached hydrogens (primary N) is 1. The Labute approximate surface area is 85.1 Å². The van der Waals surface area contributed by atoms with Crippen LogP contribution in [0, 0.1) is 0 Å². The van der Waals surface area contributed by atoms with Gasteiger partial charge in [-0.1, -0.05) is 0 Å². The first-order valence-electron chi connectivity index (χ1n) is 4.43. The highest BCUT2D eigenvalue weighted by molar-refractivity contribution is 5.76. The van der Waals surface area contributed by atoms with Gasteiger partial charge >= 0.3 is 5.97 Å². The van der Waals surface area contributed by atoms with Gasteiger partial charge in [-0.25, -0.2) is 4.98 Å². The van der Waals surface area contributed by atoms with Crippen LogP contribution >= 0.6 is 0 Å². The Bertz CT molecular complexity index is 494. The SMILES string of the molecule is N[C@@H](Cc1cnc2[nH]ncc2c1)C(=O)O. The third-order valence-corrected chi connectivity index (χ3v) is 2.12. The van der Waals surface area contributed by atoms with Gasteiger partial charge in [0, 0.05) is 11.6 Å². The second kappa shape index (κ2) is 3.66. The quantitative estimate of drug-likeness (QED) is 0.651. The van der Waals surface area contributed by atoms with E-state index in [0.717, 1.165) is 10.9 Å². The van der Waals surface area contributed by atoms with E-state index in [1.807, 2.05) is 6.07 Å². The van der Waals surface area contributed by atoms with Crippen LogP contribution in [0.4, 0.5) is 0 Å². The maximum Gasteiger partial charge on any atom is 0.320 e. The van der Waals surface area contributed by atoms with E-state index in [1.165, 1.54) is 0 Å². The lowest BCUT2D eigenvalue weighted by Crippen LogP contribution is -2.32. The van der Waals surface area contributed by atoms with Crippen molar-refractivity contribution in [2.75, 3.05) is 0 Å². The number of H-pyrrole nitrogens is 1. The molecule has 0 amide bonds. The highest BCUT2D eigenvalue weighted by atomic mass is 16.4. The van der Waals surface area contributed by atoms with E-state index >= 15 is 0 Å². The fourth-order valence-corrected chi connectivity index (χ4v) is 1.34. The summed E-state index contributed by atoms with van der Waals surface area (Å²) < 4.78 is 0. The molecule has 15 heavy (non-hydrogen) atoms. The molecule has 78 valence electrons. The summed E-state index contributed by atoms with van der Waals surface area (Å²) in [5, 5.41) is 16.0. The monoisotopic (exact) mass is 206 g/mol. The molecule has 0 saturated carbocycles. The van der Waals surface area contributed by atoms with Crippen LogP contribution < -0.4 is 5.73 Å². The van der Waals surface area contributed by atoms with E-state index in [2.05, 4.69) is 15.2 Å². The van der Waals surface area contributed by atoms with Crippen LogP contribution in [0.3, 0.4) is 0 Å². The molecule has 0 fully saturated rings. The summed E-state index contributed by atoms with van der Waals surface area (Å²) in [6.07, 6.45) is 3.50. The molecular formula is C9H10N4O2. The Hall–Kier alpha value is -1.95. The second-order valence-corrected chi connectivity index (χ2v) is 3.30. The van der Waals surface area contributed by atoms with Crippen LogP contribution in [0.25, 0.3) is 11.0 Å². The highest BCUT2D eigenvalue weighted by Gasteiger charge is 2.12. The second-order valence-electron chi connectivity index (χ2n) is 3.30. The molecule has 2 aromatic rings. The summed E-state index contributed by atoms with van der Waals surface area (Å²) in [6.45, 7) is 0. The highest BCUT2D eigenvalue weighted by Crippen LogP contribution is 2.10. The van der Waals surface area contributed by atoms with Crippen molar-refractivity contribution in [3.05, 3.63) is 24.0 Å². The topological polar surface area (TPSA) is 105 Å². The molecule has 0 aliphatic rings. The van der Waals surface area contributed by atoms with Crippen LogP contribution in [-0.4, -0.2) is 32.3 Å². The van der Waals surface area contributed by atoms with Gasteiger partial charge in [0.15, 0.2) is 5.65 Å². The number of pyridine rings is 1. The van der Waals surface area contributed by atoms with Crippen molar-refractivity contribution in [1.82, 2.24) is 15.2 Å². The average molecular weight is 206 g/mol. The van der Waals surface area contributed by atoms with Crippen LogP contribution in [0.2, 0.25) is 0 Å². The molecule has 0 radical (unpaired) electrons. The Balaban J connectivity index is 2.24. The molecule has 0 unspecified atom stereocenters. The lowest BCUT2D eigenvalue weighted by molar-refractivity contribution is -0.138.